The van der Waals surface area contributed by atoms with Gasteiger partial charge in [0.25, 0.3) is 0 Å². The van der Waals surface area contributed by atoms with Gasteiger partial charge in [-0.05, 0) is 30.9 Å². The summed E-state index contributed by atoms with van der Waals surface area (Å²) in [6.45, 7) is 1.92. The topological polar surface area (TPSA) is 46.5 Å². The molecule has 0 amide bonds. The number of rotatable bonds is 4. The standard InChI is InChI=1S/C15H19FO3/c1-3-10-8-11(13(19-2)12(16)9-10)15(14(17)18)6-4-5-7-15/h8-9H,3-7H2,1-2H3,(H,17,18). The summed E-state index contributed by atoms with van der Waals surface area (Å²) in [6, 6.07) is 3.22. The van der Waals surface area contributed by atoms with E-state index in [2.05, 4.69) is 0 Å². The predicted molar refractivity (Wildman–Crippen MR) is 70.1 cm³/mol. The minimum absolute atomic E-state index is 0.0847. The maximum Gasteiger partial charge on any atom is 0.314 e. The summed E-state index contributed by atoms with van der Waals surface area (Å²) >= 11 is 0. The van der Waals surface area contributed by atoms with Gasteiger partial charge in [-0.1, -0.05) is 25.8 Å². The molecule has 1 saturated carbocycles. The zero-order valence-corrected chi connectivity index (χ0v) is 11.3. The lowest BCUT2D eigenvalue weighted by Crippen LogP contribution is -2.33. The predicted octanol–water partition coefficient (Wildman–Crippen LogP) is 3.29. The van der Waals surface area contributed by atoms with Crippen molar-refractivity contribution in [1.82, 2.24) is 0 Å². The van der Waals surface area contributed by atoms with Crippen molar-refractivity contribution in [3.05, 3.63) is 29.1 Å². The van der Waals surface area contributed by atoms with Gasteiger partial charge >= 0.3 is 5.97 Å². The Bertz CT molecular complexity index is 490. The lowest BCUT2D eigenvalue weighted by atomic mass is 9.77. The smallest absolute Gasteiger partial charge is 0.314 e. The summed E-state index contributed by atoms with van der Waals surface area (Å²) in [4.78, 5) is 11.7. The Balaban J connectivity index is 2.64. The average Bonchev–Trinajstić information content (AvgIpc) is 2.88. The van der Waals surface area contributed by atoms with E-state index in [9.17, 15) is 14.3 Å². The summed E-state index contributed by atoms with van der Waals surface area (Å²) in [6.07, 6.45) is 3.47. The molecule has 0 spiro atoms. The zero-order valence-electron chi connectivity index (χ0n) is 11.3. The van der Waals surface area contributed by atoms with Crippen LogP contribution < -0.4 is 4.74 Å². The fourth-order valence-electron chi connectivity index (χ4n) is 2.99. The van der Waals surface area contributed by atoms with Crippen LogP contribution in [-0.2, 0) is 16.6 Å². The van der Waals surface area contributed by atoms with Crippen LogP contribution in [0.25, 0.3) is 0 Å². The second-order valence-corrected chi connectivity index (χ2v) is 5.11. The summed E-state index contributed by atoms with van der Waals surface area (Å²) in [5.74, 6) is -1.26. The van der Waals surface area contributed by atoms with Crippen molar-refractivity contribution >= 4 is 5.97 Å². The third kappa shape index (κ3) is 2.20. The van der Waals surface area contributed by atoms with Crippen molar-refractivity contribution in [2.75, 3.05) is 7.11 Å². The number of aryl methyl sites for hydroxylation is 1. The molecule has 1 N–H and O–H groups in total. The molecule has 0 bridgehead atoms. The van der Waals surface area contributed by atoms with E-state index in [-0.39, 0.29) is 5.75 Å². The first-order chi connectivity index (χ1) is 9.05. The lowest BCUT2D eigenvalue weighted by molar-refractivity contribution is -0.143. The summed E-state index contributed by atoms with van der Waals surface area (Å²) in [7, 11) is 1.39. The number of carboxylic acids is 1. The Kier molecular flexibility index (Phi) is 3.78. The summed E-state index contributed by atoms with van der Waals surface area (Å²) < 4.78 is 19.2. The number of carbonyl (C=O) groups is 1. The zero-order chi connectivity index (χ0) is 14.0. The number of benzene rings is 1. The second kappa shape index (κ2) is 5.19. The van der Waals surface area contributed by atoms with Crippen molar-refractivity contribution in [2.24, 2.45) is 0 Å². The molecular weight excluding hydrogens is 247 g/mol. The van der Waals surface area contributed by atoms with E-state index in [1.807, 2.05) is 6.92 Å². The molecule has 2 rings (SSSR count). The lowest BCUT2D eigenvalue weighted by Gasteiger charge is -2.27. The Morgan fingerprint density at radius 3 is 2.53 bits per heavy atom. The highest BCUT2D eigenvalue weighted by Gasteiger charge is 2.45. The largest absolute Gasteiger partial charge is 0.493 e. The SMILES string of the molecule is CCc1cc(F)c(OC)c(C2(C(=O)O)CCCC2)c1. The molecule has 1 aromatic rings. The molecule has 0 saturated heterocycles. The van der Waals surface area contributed by atoms with Gasteiger partial charge < -0.3 is 9.84 Å². The van der Waals surface area contributed by atoms with E-state index in [0.717, 1.165) is 18.4 Å². The van der Waals surface area contributed by atoms with Crippen LogP contribution in [0, 0.1) is 5.82 Å². The molecule has 1 aliphatic rings. The van der Waals surface area contributed by atoms with Crippen molar-refractivity contribution in [3.63, 3.8) is 0 Å². The van der Waals surface area contributed by atoms with Gasteiger partial charge in [-0.25, -0.2) is 4.39 Å². The number of hydrogen-bond donors (Lipinski definition) is 1. The van der Waals surface area contributed by atoms with E-state index >= 15 is 0 Å². The third-order valence-electron chi connectivity index (χ3n) is 4.10. The average molecular weight is 266 g/mol. The quantitative estimate of drug-likeness (QED) is 0.909. The normalized spacial score (nSPS) is 17.4. The van der Waals surface area contributed by atoms with Crippen LogP contribution >= 0.6 is 0 Å². The van der Waals surface area contributed by atoms with Gasteiger partial charge in [-0.3, -0.25) is 4.79 Å². The van der Waals surface area contributed by atoms with E-state index in [1.54, 1.807) is 6.07 Å². The van der Waals surface area contributed by atoms with Crippen LogP contribution in [0.5, 0.6) is 5.75 Å². The Morgan fingerprint density at radius 2 is 2.05 bits per heavy atom. The maximum atomic E-state index is 14.1. The van der Waals surface area contributed by atoms with Crippen molar-refractivity contribution in [1.29, 1.82) is 0 Å². The Hall–Kier alpha value is -1.58. The fourth-order valence-corrected chi connectivity index (χ4v) is 2.99. The third-order valence-corrected chi connectivity index (χ3v) is 4.10. The van der Waals surface area contributed by atoms with Gasteiger partial charge in [0, 0.05) is 5.56 Å². The molecule has 0 radical (unpaired) electrons. The minimum atomic E-state index is -0.989. The fraction of sp³-hybridized carbons (Fsp3) is 0.533. The molecule has 0 atom stereocenters. The molecule has 1 fully saturated rings. The van der Waals surface area contributed by atoms with Crippen molar-refractivity contribution in [2.45, 2.75) is 44.4 Å². The number of carboxylic acid groups (broad SMARTS) is 1. The summed E-state index contributed by atoms with van der Waals surface area (Å²) in [5, 5.41) is 9.61. The highest BCUT2D eigenvalue weighted by atomic mass is 19.1. The number of aliphatic carboxylic acids is 1. The van der Waals surface area contributed by atoms with Crippen LogP contribution in [0.1, 0.15) is 43.7 Å². The van der Waals surface area contributed by atoms with Gasteiger partial charge in [-0.15, -0.1) is 0 Å². The van der Waals surface area contributed by atoms with Gasteiger partial charge in [0.1, 0.15) is 0 Å². The monoisotopic (exact) mass is 266 g/mol. The number of ether oxygens (including phenoxy) is 1. The first-order valence-corrected chi connectivity index (χ1v) is 6.65. The first kappa shape index (κ1) is 13.8. The molecule has 19 heavy (non-hydrogen) atoms. The Labute approximate surface area is 112 Å². The van der Waals surface area contributed by atoms with Crippen molar-refractivity contribution in [3.8, 4) is 5.75 Å². The minimum Gasteiger partial charge on any atom is -0.493 e. The van der Waals surface area contributed by atoms with E-state index < -0.39 is 17.2 Å². The van der Waals surface area contributed by atoms with Gasteiger partial charge in [-0.2, -0.15) is 0 Å². The van der Waals surface area contributed by atoms with Crippen LogP contribution in [0.15, 0.2) is 12.1 Å². The van der Waals surface area contributed by atoms with E-state index in [0.29, 0.717) is 24.8 Å². The number of hydrogen-bond acceptors (Lipinski definition) is 2. The highest BCUT2D eigenvalue weighted by molar-refractivity contribution is 5.83. The van der Waals surface area contributed by atoms with E-state index in [4.69, 9.17) is 4.74 Å². The van der Waals surface area contributed by atoms with Crippen LogP contribution in [0.4, 0.5) is 4.39 Å². The maximum absolute atomic E-state index is 14.1. The second-order valence-electron chi connectivity index (χ2n) is 5.11. The number of halogens is 1. The molecule has 3 nitrogen and oxygen atoms in total. The molecule has 1 aromatic carbocycles. The highest BCUT2D eigenvalue weighted by Crippen LogP contribution is 2.46. The molecule has 4 heteroatoms. The molecule has 0 heterocycles. The molecule has 1 aliphatic carbocycles. The Morgan fingerprint density at radius 1 is 1.42 bits per heavy atom. The van der Waals surface area contributed by atoms with Crippen LogP contribution in [-0.4, -0.2) is 18.2 Å². The van der Waals surface area contributed by atoms with Gasteiger partial charge in [0.05, 0.1) is 12.5 Å². The summed E-state index contributed by atoms with van der Waals surface area (Å²) in [5.41, 5.74) is 0.315. The van der Waals surface area contributed by atoms with E-state index in [1.165, 1.54) is 13.2 Å². The number of methoxy groups -OCH3 is 1. The molecular formula is C15H19FO3. The van der Waals surface area contributed by atoms with Crippen molar-refractivity contribution < 1.29 is 19.0 Å². The molecule has 0 aromatic heterocycles. The first-order valence-electron chi connectivity index (χ1n) is 6.65. The van der Waals surface area contributed by atoms with Gasteiger partial charge in [0.2, 0.25) is 0 Å². The molecule has 104 valence electrons. The molecule has 0 unspecified atom stereocenters. The van der Waals surface area contributed by atoms with Crippen LogP contribution in [0.2, 0.25) is 0 Å². The molecule has 0 aliphatic heterocycles. The van der Waals surface area contributed by atoms with Crippen LogP contribution in [0.3, 0.4) is 0 Å². The van der Waals surface area contributed by atoms with Gasteiger partial charge in [0.15, 0.2) is 11.6 Å².